The molecule has 2 N–H and O–H groups in total. The van der Waals surface area contributed by atoms with Crippen LogP contribution in [0.15, 0.2) is 0 Å². The Bertz CT molecular complexity index is 85.7. The molecule has 1 nitrogen and oxygen atoms in total. The Morgan fingerprint density at radius 3 is 2.20 bits per heavy atom. The molecule has 0 fully saturated rings. The maximum atomic E-state index is 5.70. The van der Waals surface area contributed by atoms with E-state index in [0.717, 1.165) is 12.2 Å². The van der Waals surface area contributed by atoms with E-state index in [1.54, 1.807) is 0 Å². The molecule has 0 heterocycles. The third-order valence-electron chi connectivity index (χ3n) is 1.50. The first kappa shape index (κ1) is 10.3. The minimum Gasteiger partial charge on any atom is -0.327 e. The van der Waals surface area contributed by atoms with Gasteiger partial charge in [0.05, 0.1) is 0 Å². The molecule has 1 unspecified atom stereocenters. The summed E-state index contributed by atoms with van der Waals surface area (Å²) in [4.78, 5) is 0. The van der Waals surface area contributed by atoms with E-state index in [1.165, 1.54) is 6.42 Å². The van der Waals surface area contributed by atoms with E-state index in [-0.39, 0.29) is 6.04 Å². The van der Waals surface area contributed by atoms with Crippen LogP contribution in [0, 0.1) is 5.41 Å². The van der Waals surface area contributed by atoms with E-state index in [2.05, 4.69) is 33.4 Å². The number of rotatable bonds is 3. The summed E-state index contributed by atoms with van der Waals surface area (Å²) in [5.74, 6) is 0.802. The molecule has 10 heavy (non-hydrogen) atoms. The van der Waals surface area contributed by atoms with Gasteiger partial charge in [0, 0.05) is 11.8 Å². The van der Waals surface area contributed by atoms with Crippen molar-refractivity contribution in [3.05, 3.63) is 0 Å². The lowest BCUT2D eigenvalue weighted by Gasteiger charge is -2.19. The fourth-order valence-electron chi connectivity index (χ4n) is 0.710. The molecule has 0 aliphatic carbocycles. The van der Waals surface area contributed by atoms with Crippen LogP contribution >= 0.6 is 12.6 Å². The molecule has 62 valence electrons. The standard InChI is InChI=1S/C8H19NS/c1-8(2,3)5-4-7(9)6-10/h7,10H,4-6,9H2,1-3H3. The number of hydrogen-bond acceptors (Lipinski definition) is 2. The van der Waals surface area contributed by atoms with E-state index in [9.17, 15) is 0 Å². The molecular formula is C8H19NS. The first-order valence-electron chi connectivity index (χ1n) is 3.82. The Hall–Kier alpha value is 0.310. The minimum atomic E-state index is 0.280. The van der Waals surface area contributed by atoms with Gasteiger partial charge in [-0.25, -0.2) is 0 Å². The Labute approximate surface area is 69.8 Å². The third-order valence-corrected chi connectivity index (χ3v) is 1.97. The maximum absolute atomic E-state index is 5.70. The zero-order valence-corrected chi connectivity index (χ0v) is 8.12. The van der Waals surface area contributed by atoms with Crippen LogP contribution in [0.2, 0.25) is 0 Å². The number of hydrogen-bond donors (Lipinski definition) is 2. The van der Waals surface area contributed by atoms with Gasteiger partial charge < -0.3 is 5.73 Å². The second-order valence-corrected chi connectivity index (χ2v) is 4.41. The summed E-state index contributed by atoms with van der Waals surface area (Å²) in [5, 5.41) is 0. The van der Waals surface area contributed by atoms with Crippen LogP contribution in [0.3, 0.4) is 0 Å². The van der Waals surface area contributed by atoms with Crippen LogP contribution in [-0.2, 0) is 0 Å². The van der Waals surface area contributed by atoms with Gasteiger partial charge in [0.1, 0.15) is 0 Å². The third kappa shape index (κ3) is 6.43. The smallest absolute Gasteiger partial charge is 0.0128 e. The van der Waals surface area contributed by atoms with E-state index < -0.39 is 0 Å². The highest BCUT2D eigenvalue weighted by molar-refractivity contribution is 7.80. The highest BCUT2D eigenvalue weighted by Crippen LogP contribution is 2.21. The van der Waals surface area contributed by atoms with Gasteiger partial charge in [-0.2, -0.15) is 12.6 Å². The van der Waals surface area contributed by atoms with Gasteiger partial charge in [-0.05, 0) is 18.3 Å². The molecule has 0 aromatic carbocycles. The van der Waals surface area contributed by atoms with Crippen LogP contribution in [0.5, 0.6) is 0 Å². The quantitative estimate of drug-likeness (QED) is 0.609. The monoisotopic (exact) mass is 161 g/mol. The maximum Gasteiger partial charge on any atom is 0.0128 e. The molecule has 0 aliphatic heterocycles. The lowest BCUT2D eigenvalue weighted by Crippen LogP contribution is -2.23. The zero-order chi connectivity index (χ0) is 8.20. The molecule has 0 aromatic heterocycles. The van der Waals surface area contributed by atoms with Crippen molar-refractivity contribution in [3.63, 3.8) is 0 Å². The Balaban J connectivity index is 3.36. The Kier molecular flexibility index (Phi) is 4.37. The summed E-state index contributed by atoms with van der Waals surface area (Å²) < 4.78 is 0. The van der Waals surface area contributed by atoms with Gasteiger partial charge in [-0.3, -0.25) is 0 Å². The number of thiol groups is 1. The molecule has 0 saturated carbocycles. The Morgan fingerprint density at radius 2 is 1.90 bits per heavy atom. The lowest BCUT2D eigenvalue weighted by molar-refractivity contribution is 0.354. The van der Waals surface area contributed by atoms with Crippen molar-refractivity contribution in [1.29, 1.82) is 0 Å². The van der Waals surface area contributed by atoms with Gasteiger partial charge >= 0.3 is 0 Å². The Morgan fingerprint density at radius 1 is 1.40 bits per heavy atom. The van der Waals surface area contributed by atoms with Crippen molar-refractivity contribution in [2.45, 2.75) is 39.7 Å². The summed E-state index contributed by atoms with van der Waals surface area (Å²) in [6.07, 6.45) is 2.28. The molecule has 2 heteroatoms. The van der Waals surface area contributed by atoms with Crippen molar-refractivity contribution in [2.75, 3.05) is 5.75 Å². The molecule has 0 radical (unpaired) electrons. The summed E-state index contributed by atoms with van der Waals surface area (Å²) in [6, 6.07) is 0.280. The summed E-state index contributed by atoms with van der Waals surface area (Å²) in [5.41, 5.74) is 6.12. The van der Waals surface area contributed by atoms with E-state index >= 15 is 0 Å². The highest BCUT2D eigenvalue weighted by atomic mass is 32.1. The largest absolute Gasteiger partial charge is 0.327 e. The molecule has 0 aliphatic rings. The van der Waals surface area contributed by atoms with Crippen molar-refractivity contribution < 1.29 is 0 Å². The molecule has 0 saturated heterocycles. The molecule has 0 aromatic rings. The normalized spacial score (nSPS) is 15.3. The lowest BCUT2D eigenvalue weighted by atomic mass is 9.89. The summed E-state index contributed by atoms with van der Waals surface area (Å²) in [7, 11) is 0. The fourth-order valence-corrected chi connectivity index (χ4v) is 0.892. The van der Waals surface area contributed by atoms with Crippen molar-refractivity contribution in [1.82, 2.24) is 0 Å². The average molecular weight is 161 g/mol. The van der Waals surface area contributed by atoms with Crippen LogP contribution in [0.25, 0.3) is 0 Å². The minimum absolute atomic E-state index is 0.280. The summed E-state index contributed by atoms with van der Waals surface area (Å²) >= 11 is 4.12. The molecule has 0 bridgehead atoms. The van der Waals surface area contributed by atoms with Crippen molar-refractivity contribution >= 4 is 12.6 Å². The fraction of sp³-hybridized carbons (Fsp3) is 1.00. The van der Waals surface area contributed by atoms with Gasteiger partial charge in [-0.1, -0.05) is 20.8 Å². The highest BCUT2D eigenvalue weighted by Gasteiger charge is 2.11. The van der Waals surface area contributed by atoms with Gasteiger partial charge in [0.15, 0.2) is 0 Å². The number of nitrogens with two attached hydrogens (primary N) is 1. The van der Waals surface area contributed by atoms with Crippen LogP contribution in [0.1, 0.15) is 33.6 Å². The molecule has 1 atom stereocenters. The predicted octanol–water partition coefficient (Wildman–Crippen LogP) is 2.07. The zero-order valence-electron chi connectivity index (χ0n) is 7.22. The second kappa shape index (κ2) is 4.24. The topological polar surface area (TPSA) is 26.0 Å². The van der Waals surface area contributed by atoms with Crippen molar-refractivity contribution in [3.8, 4) is 0 Å². The average Bonchev–Trinajstić information content (AvgIpc) is 1.81. The van der Waals surface area contributed by atoms with Gasteiger partial charge in [0.25, 0.3) is 0 Å². The summed E-state index contributed by atoms with van der Waals surface area (Å²) in [6.45, 7) is 6.70. The van der Waals surface area contributed by atoms with E-state index in [0.29, 0.717) is 5.41 Å². The second-order valence-electron chi connectivity index (χ2n) is 4.04. The molecule has 0 amide bonds. The van der Waals surface area contributed by atoms with Crippen molar-refractivity contribution in [2.24, 2.45) is 11.1 Å². The van der Waals surface area contributed by atoms with Crippen LogP contribution in [-0.4, -0.2) is 11.8 Å². The molecule has 0 spiro atoms. The van der Waals surface area contributed by atoms with E-state index in [1.807, 2.05) is 0 Å². The first-order valence-corrected chi connectivity index (χ1v) is 4.45. The SMILES string of the molecule is CC(C)(C)CCC(N)CS. The predicted molar refractivity (Wildman–Crippen MR) is 50.5 cm³/mol. The molecular weight excluding hydrogens is 142 g/mol. The first-order chi connectivity index (χ1) is 4.45. The van der Waals surface area contributed by atoms with Gasteiger partial charge in [0.2, 0.25) is 0 Å². The van der Waals surface area contributed by atoms with Crippen LogP contribution in [0.4, 0.5) is 0 Å². The van der Waals surface area contributed by atoms with Crippen LogP contribution < -0.4 is 5.73 Å². The molecule has 0 rings (SSSR count). The van der Waals surface area contributed by atoms with E-state index in [4.69, 9.17) is 5.73 Å². The van der Waals surface area contributed by atoms with Gasteiger partial charge in [-0.15, -0.1) is 0 Å².